The van der Waals surface area contributed by atoms with E-state index in [0.29, 0.717) is 0 Å². The van der Waals surface area contributed by atoms with Crippen molar-refractivity contribution in [1.82, 2.24) is 10.3 Å². The zero-order chi connectivity index (χ0) is 15.4. The van der Waals surface area contributed by atoms with Gasteiger partial charge in [-0.2, -0.15) is 0 Å². The predicted octanol–water partition coefficient (Wildman–Crippen LogP) is 4.65. The summed E-state index contributed by atoms with van der Waals surface area (Å²) in [5.74, 6) is -0.184. The number of rotatable bonds is 6. The molecule has 0 aliphatic heterocycles. The highest BCUT2D eigenvalue weighted by Gasteiger charge is 2.06. The molecule has 5 heteroatoms. The summed E-state index contributed by atoms with van der Waals surface area (Å²) in [5, 5.41) is 4.49. The number of thiazole rings is 1. The van der Waals surface area contributed by atoms with E-state index < -0.39 is 0 Å². The van der Waals surface area contributed by atoms with E-state index in [1.165, 1.54) is 26.8 Å². The van der Waals surface area contributed by atoms with Crippen molar-refractivity contribution >= 4 is 22.7 Å². The SMILES string of the molecule is Cc1ccc(-c2cnc(CNCCc3ccc(F)cc3)s2)s1. The topological polar surface area (TPSA) is 24.9 Å². The molecular weight excluding hydrogens is 315 g/mol. The standard InChI is InChI=1S/C17H17FN2S2/c1-12-2-7-15(21-12)16-10-20-17(22-16)11-19-9-8-13-3-5-14(18)6-4-13/h2-7,10,19H,8-9,11H2,1H3. The van der Waals surface area contributed by atoms with Gasteiger partial charge in [-0.05, 0) is 49.7 Å². The van der Waals surface area contributed by atoms with E-state index in [1.807, 2.05) is 18.3 Å². The Morgan fingerprint density at radius 2 is 1.86 bits per heavy atom. The van der Waals surface area contributed by atoms with Gasteiger partial charge in [0.1, 0.15) is 10.8 Å². The fraction of sp³-hybridized carbons (Fsp3) is 0.235. The zero-order valence-electron chi connectivity index (χ0n) is 12.3. The Hall–Kier alpha value is -1.56. The van der Waals surface area contributed by atoms with Gasteiger partial charge in [0.15, 0.2) is 0 Å². The van der Waals surface area contributed by atoms with Gasteiger partial charge in [0.25, 0.3) is 0 Å². The van der Waals surface area contributed by atoms with Crippen molar-refractivity contribution in [2.45, 2.75) is 19.9 Å². The quantitative estimate of drug-likeness (QED) is 0.665. The first-order valence-corrected chi connectivity index (χ1v) is 8.81. The van der Waals surface area contributed by atoms with Crippen LogP contribution in [0.1, 0.15) is 15.4 Å². The van der Waals surface area contributed by atoms with E-state index in [0.717, 1.165) is 30.1 Å². The van der Waals surface area contributed by atoms with Gasteiger partial charge < -0.3 is 5.32 Å². The number of hydrogen-bond acceptors (Lipinski definition) is 4. The minimum atomic E-state index is -0.184. The summed E-state index contributed by atoms with van der Waals surface area (Å²) >= 11 is 3.54. The molecular formula is C17H17FN2S2. The Kier molecular flexibility index (Phi) is 4.97. The highest BCUT2D eigenvalue weighted by molar-refractivity contribution is 7.21. The van der Waals surface area contributed by atoms with Crippen LogP contribution < -0.4 is 5.32 Å². The zero-order valence-corrected chi connectivity index (χ0v) is 13.9. The normalized spacial score (nSPS) is 11.0. The summed E-state index contributed by atoms with van der Waals surface area (Å²) in [6.07, 6.45) is 2.84. The molecule has 3 aromatic rings. The second kappa shape index (κ2) is 7.13. The molecule has 3 rings (SSSR count). The second-order valence-corrected chi connectivity index (χ2v) is 7.48. The summed E-state index contributed by atoms with van der Waals surface area (Å²) in [5.41, 5.74) is 1.14. The molecule has 0 bridgehead atoms. The minimum Gasteiger partial charge on any atom is -0.310 e. The summed E-state index contributed by atoms with van der Waals surface area (Å²) in [6, 6.07) is 11.0. The first-order chi connectivity index (χ1) is 10.7. The van der Waals surface area contributed by atoms with Gasteiger partial charge in [-0.15, -0.1) is 22.7 Å². The molecule has 2 heterocycles. The van der Waals surface area contributed by atoms with Gasteiger partial charge in [-0.25, -0.2) is 9.37 Å². The number of thiophene rings is 1. The highest BCUT2D eigenvalue weighted by Crippen LogP contribution is 2.31. The molecule has 0 unspecified atom stereocenters. The summed E-state index contributed by atoms with van der Waals surface area (Å²) in [6.45, 7) is 3.75. The van der Waals surface area contributed by atoms with Crippen molar-refractivity contribution in [3.63, 3.8) is 0 Å². The molecule has 0 atom stereocenters. The molecule has 2 nitrogen and oxygen atoms in total. The molecule has 0 radical (unpaired) electrons. The van der Waals surface area contributed by atoms with E-state index in [9.17, 15) is 4.39 Å². The molecule has 0 aliphatic rings. The predicted molar refractivity (Wildman–Crippen MR) is 92.0 cm³/mol. The van der Waals surface area contributed by atoms with Crippen molar-refractivity contribution in [2.75, 3.05) is 6.54 Å². The lowest BCUT2D eigenvalue weighted by molar-refractivity contribution is 0.626. The van der Waals surface area contributed by atoms with Crippen LogP contribution in [0.3, 0.4) is 0 Å². The van der Waals surface area contributed by atoms with Crippen molar-refractivity contribution in [2.24, 2.45) is 0 Å². The second-order valence-electron chi connectivity index (χ2n) is 5.08. The molecule has 22 heavy (non-hydrogen) atoms. The molecule has 0 saturated heterocycles. The van der Waals surface area contributed by atoms with E-state index in [4.69, 9.17) is 0 Å². The van der Waals surface area contributed by atoms with Crippen LogP contribution in [0.25, 0.3) is 9.75 Å². The Labute approximate surface area is 137 Å². The third kappa shape index (κ3) is 4.00. The largest absolute Gasteiger partial charge is 0.310 e. The molecule has 2 aromatic heterocycles. The lowest BCUT2D eigenvalue weighted by Gasteiger charge is -2.03. The van der Waals surface area contributed by atoms with Crippen molar-refractivity contribution in [3.05, 3.63) is 63.9 Å². The van der Waals surface area contributed by atoms with Gasteiger partial charge in [0, 0.05) is 22.5 Å². The summed E-state index contributed by atoms with van der Waals surface area (Å²) in [7, 11) is 0. The average Bonchev–Trinajstić information content (AvgIpc) is 3.14. The maximum Gasteiger partial charge on any atom is 0.123 e. The first-order valence-electron chi connectivity index (χ1n) is 7.17. The van der Waals surface area contributed by atoms with Crippen LogP contribution in [0.5, 0.6) is 0 Å². The van der Waals surface area contributed by atoms with E-state index >= 15 is 0 Å². The van der Waals surface area contributed by atoms with Gasteiger partial charge in [0.2, 0.25) is 0 Å². The van der Waals surface area contributed by atoms with Crippen LogP contribution in [0, 0.1) is 12.7 Å². The minimum absolute atomic E-state index is 0.184. The van der Waals surface area contributed by atoms with Gasteiger partial charge >= 0.3 is 0 Å². The van der Waals surface area contributed by atoms with Crippen molar-refractivity contribution < 1.29 is 4.39 Å². The Balaban J connectivity index is 1.48. The Morgan fingerprint density at radius 1 is 1.05 bits per heavy atom. The number of hydrogen-bond donors (Lipinski definition) is 1. The maximum atomic E-state index is 12.8. The van der Waals surface area contributed by atoms with Gasteiger partial charge in [-0.3, -0.25) is 0 Å². The Bertz CT molecular complexity index is 731. The molecule has 1 aromatic carbocycles. The third-order valence-electron chi connectivity index (χ3n) is 3.32. The van der Waals surface area contributed by atoms with Crippen molar-refractivity contribution in [3.8, 4) is 9.75 Å². The number of nitrogens with one attached hydrogen (secondary N) is 1. The number of halogens is 1. The van der Waals surface area contributed by atoms with Crippen LogP contribution in [-0.4, -0.2) is 11.5 Å². The van der Waals surface area contributed by atoms with Crippen LogP contribution in [0.4, 0.5) is 4.39 Å². The molecule has 114 valence electrons. The molecule has 0 aliphatic carbocycles. The lowest BCUT2D eigenvalue weighted by atomic mass is 10.1. The van der Waals surface area contributed by atoms with E-state index in [1.54, 1.807) is 22.7 Å². The van der Waals surface area contributed by atoms with Crippen LogP contribution >= 0.6 is 22.7 Å². The number of aryl methyl sites for hydroxylation is 1. The lowest BCUT2D eigenvalue weighted by Crippen LogP contribution is -2.16. The average molecular weight is 332 g/mol. The maximum absolute atomic E-state index is 12.8. The first kappa shape index (κ1) is 15.3. The third-order valence-corrected chi connectivity index (χ3v) is 5.51. The van der Waals surface area contributed by atoms with E-state index in [-0.39, 0.29) is 5.82 Å². The Morgan fingerprint density at radius 3 is 2.59 bits per heavy atom. The van der Waals surface area contributed by atoms with Crippen LogP contribution in [-0.2, 0) is 13.0 Å². The number of benzene rings is 1. The fourth-order valence-corrected chi connectivity index (χ4v) is 3.98. The van der Waals surface area contributed by atoms with Crippen LogP contribution in [0.15, 0.2) is 42.6 Å². The molecule has 1 N–H and O–H groups in total. The van der Waals surface area contributed by atoms with Crippen molar-refractivity contribution in [1.29, 1.82) is 0 Å². The number of aromatic nitrogens is 1. The smallest absolute Gasteiger partial charge is 0.123 e. The summed E-state index contributed by atoms with van der Waals surface area (Å²) < 4.78 is 12.8. The molecule has 0 spiro atoms. The number of nitrogens with zero attached hydrogens (tertiary/aromatic N) is 1. The fourth-order valence-electron chi connectivity index (χ4n) is 2.15. The molecule has 0 amide bonds. The van der Waals surface area contributed by atoms with Gasteiger partial charge in [-0.1, -0.05) is 12.1 Å². The summed E-state index contributed by atoms with van der Waals surface area (Å²) in [4.78, 5) is 8.31. The molecule has 0 fully saturated rings. The monoisotopic (exact) mass is 332 g/mol. The van der Waals surface area contributed by atoms with Crippen LogP contribution in [0.2, 0.25) is 0 Å². The van der Waals surface area contributed by atoms with Gasteiger partial charge in [0.05, 0.1) is 4.88 Å². The highest BCUT2D eigenvalue weighted by atomic mass is 32.1. The molecule has 0 saturated carbocycles. The van der Waals surface area contributed by atoms with E-state index in [2.05, 4.69) is 29.4 Å².